The highest BCUT2D eigenvalue weighted by Crippen LogP contribution is 2.29. The lowest BCUT2D eigenvalue weighted by atomic mass is 10.2. The SMILES string of the molecule is COCCNc1nc(-c2ccc(Cl)c(Cl)c2)n(-c2ccc(NC(=O)CCl)cc2)n1. The van der Waals surface area contributed by atoms with Crippen LogP contribution in [0.2, 0.25) is 10.0 Å². The minimum Gasteiger partial charge on any atom is -0.383 e. The van der Waals surface area contributed by atoms with E-state index in [9.17, 15) is 4.79 Å². The van der Waals surface area contributed by atoms with Crippen molar-refractivity contribution in [1.29, 1.82) is 0 Å². The van der Waals surface area contributed by atoms with E-state index in [4.69, 9.17) is 39.5 Å². The van der Waals surface area contributed by atoms with Crippen molar-refractivity contribution in [2.75, 3.05) is 36.8 Å². The molecule has 10 heteroatoms. The second kappa shape index (κ2) is 9.93. The van der Waals surface area contributed by atoms with Gasteiger partial charge in [0, 0.05) is 24.9 Å². The zero-order valence-electron chi connectivity index (χ0n) is 15.5. The van der Waals surface area contributed by atoms with Crippen molar-refractivity contribution in [3.8, 4) is 17.1 Å². The number of nitrogens with zero attached hydrogens (tertiary/aromatic N) is 3. The standard InChI is InChI=1S/C19H18Cl3N5O2/c1-29-9-8-23-19-25-18(12-2-7-15(21)16(22)10-12)27(26-19)14-5-3-13(4-6-14)24-17(28)11-20/h2-7,10H,8-9,11H2,1H3,(H,23,26)(H,24,28). The second-order valence-electron chi connectivity index (χ2n) is 5.95. The molecule has 2 aromatic carbocycles. The number of rotatable bonds is 8. The summed E-state index contributed by atoms with van der Waals surface area (Å²) < 4.78 is 6.73. The molecule has 152 valence electrons. The van der Waals surface area contributed by atoms with Crippen LogP contribution in [-0.4, -0.2) is 46.8 Å². The molecule has 0 saturated carbocycles. The van der Waals surface area contributed by atoms with Crippen LogP contribution in [-0.2, 0) is 9.53 Å². The first-order chi connectivity index (χ1) is 14.0. The number of halogens is 3. The molecule has 1 heterocycles. The van der Waals surface area contributed by atoms with Gasteiger partial charge in [0.2, 0.25) is 11.9 Å². The molecular weight excluding hydrogens is 437 g/mol. The van der Waals surface area contributed by atoms with Crippen LogP contribution in [0, 0.1) is 0 Å². The molecule has 0 aliphatic heterocycles. The summed E-state index contributed by atoms with van der Waals surface area (Å²) in [6, 6.07) is 12.4. The van der Waals surface area contributed by atoms with Crippen LogP contribution < -0.4 is 10.6 Å². The van der Waals surface area contributed by atoms with Crippen molar-refractivity contribution < 1.29 is 9.53 Å². The Kier molecular flexibility index (Phi) is 7.33. The summed E-state index contributed by atoms with van der Waals surface area (Å²) in [5.41, 5.74) is 2.14. The first-order valence-electron chi connectivity index (χ1n) is 8.63. The molecule has 0 atom stereocenters. The Labute approximate surface area is 182 Å². The van der Waals surface area contributed by atoms with Gasteiger partial charge in [-0.25, -0.2) is 4.68 Å². The highest BCUT2D eigenvalue weighted by Gasteiger charge is 2.15. The number of carbonyl (C=O) groups excluding carboxylic acids is 1. The molecule has 2 N–H and O–H groups in total. The molecule has 1 amide bonds. The fraction of sp³-hybridized carbons (Fsp3) is 0.211. The van der Waals surface area contributed by atoms with Gasteiger partial charge in [0.25, 0.3) is 0 Å². The van der Waals surface area contributed by atoms with Crippen molar-refractivity contribution >= 4 is 52.3 Å². The van der Waals surface area contributed by atoms with Crippen LogP contribution in [0.1, 0.15) is 0 Å². The van der Waals surface area contributed by atoms with Crippen LogP contribution in [0.3, 0.4) is 0 Å². The van der Waals surface area contributed by atoms with Gasteiger partial charge in [0.05, 0.1) is 22.3 Å². The maximum atomic E-state index is 11.5. The van der Waals surface area contributed by atoms with E-state index >= 15 is 0 Å². The first-order valence-corrected chi connectivity index (χ1v) is 9.92. The van der Waals surface area contributed by atoms with Gasteiger partial charge in [0.15, 0.2) is 5.82 Å². The number of hydrogen-bond acceptors (Lipinski definition) is 5. The number of aromatic nitrogens is 3. The predicted molar refractivity (Wildman–Crippen MR) is 117 cm³/mol. The third-order valence-electron chi connectivity index (χ3n) is 3.89. The fourth-order valence-corrected chi connectivity index (χ4v) is 2.90. The van der Waals surface area contributed by atoms with Crippen LogP contribution in [0.15, 0.2) is 42.5 Å². The minimum atomic E-state index is -0.277. The molecule has 3 rings (SSSR count). The highest BCUT2D eigenvalue weighted by atomic mass is 35.5. The second-order valence-corrected chi connectivity index (χ2v) is 7.03. The van der Waals surface area contributed by atoms with E-state index in [2.05, 4.69) is 20.7 Å². The van der Waals surface area contributed by atoms with Crippen LogP contribution in [0.4, 0.5) is 11.6 Å². The Morgan fingerprint density at radius 2 is 1.90 bits per heavy atom. The van der Waals surface area contributed by atoms with E-state index in [1.807, 2.05) is 18.2 Å². The number of methoxy groups -OCH3 is 1. The molecule has 0 radical (unpaired) electrons. The monoisotopic (exact) mass is 453 g/mol. The summed E-state index contributed by atoms with van der Waals surface area (Å²) in [5, 5.41) is 11.2. The molecule has 0 fully saturated rings. The van der Waals surface area contributed by atoms with Crippen LogP contribution in [0.25, 0.3) is 17.1 Å². The number of carbonyl (C=O) groups is 1. The lowest BCUT2D eigenvalue weighted by Crippen LogP contribution is -2.12. The smallest absolute Gasteiger partial charge is 0.243 e. The van der Waals surface area contributed by atoms with Gasteiger partial charge in [-0.15, -0.1) is 16.7 Å². The largest absolute Gasteiger partial charge is 0.383 e. The average molecular weight is 455 g/mol. The van der Waals surface area contributed by atoms with Gasteiger partial charge in [-0.05, 0) is 42.5 Å². The van der Waals surface area contributed by atoms with E-state index < -0.39 is 0 Å². The van der Waals surface area contributed by atoms with Crippen LogP contribution in [0.5, 0.6) is 0 Å². The Balaban J connectivity index is 1.97. The number of amides is 1. The lowest BCUT2D eigenvalue weighted by Gasteiger charge is -2.08. The molecule has 0 spiro atoms. The molecule has 0 bridgehead atoms. The number of benzene rings is 2. The van der Waals surface area contributed by atoms with Crippen molar-refractivity contribution in [1.82, 2.24) is 14.8 Å². The Morgan fingerprint density at radius 3 is 2.55 bits per heavy atom. The zero-order chi connectivity index (χ0) is 20.8. The molecule has 0 unspecified atom stereocenters. The third-order valence-corrected chi connectivity index (χ3v) is 4.87. The van der Waals surface area contributed by atoms with Crippen LogP contribution >= 0.6 is 34.8 Å². The summed E-state index contributed by atoms with van der Waals surface area (Å²) >= 11 is 17.7. The van der Waals surface area contributed by atoms with E-state index in [0.29, 0.717) is 40.7 Å². The Bertz CT molecular complexity index is 992. The predicted octanol–water partition coefficient (Wildman–Crippen LogP) is 4.48. The maximum absolute atomic E-state index is 11.5. The zero-order valence-corrected chi connectivity index (χ0v) is 17.7. The van der Waals surface area contributed by atoms with Gasteiger partial charge in [-0.3, -0.25) is 4.79 Å². The summed E-state index contributed by atoms with van der Waals surface area (Å²) in [7, 11) is 1.62. The number of anilines is 2. The summed E-state index contributed by atoms with van der Waals surface area (Å²) in [4.78, 5) is 16.0. The number of ether oxygens (including phenoxy) is 1. The molecule has 3 aromatic rings. The van der Waals surface area contributed by atoms with Gasteiger partial charge in [-0.2, -0.15) is 4.98 Å². The molecule has 7 nitrogen and oxygen atoms in total. The number of hydrogen-bond donors (Lipinski definition) is 2. The molecular formula is C19H18Cl3N5O2. The lowest BCUT2D eigenvalue weighted by molar-refractivity contribution is -0.113. The van der Waals surface area contributed by atoms with E-state index in [1.165, 1.54) is 0 Å². The molecule has 0 saturated heterocycles. The number of alkyl halides is 1. The van der Waals surface area contributed by atoms with E-state index in [-0.39, 0.29) is 11.8 Å². The molecule has 0 aliphatic carbocycles. The highest BCUT2D eigenvalue weighted by molar-refractivity contribution is 6.42. The van der Waals surface area contributed by atoms with Crippen molar-refractivity contribution in [2.45, 2.75) is 0 Å². The Hall–Kier alpha value is -2.32. The minimum absolute atomic E-state index is 0.108. The van der Waals surface area contributed by atoms with Gasteiger partial charge < -0.3 is 15.4 Å². The normalized spacial score (nSPS) is 10.8. The summed E-state index contributed by atoms with van der Waals surface area (Å²) in [6.45, 7) is 1.08. The number of nitrogens with one attached hydrogen (secondary N) is 2. The quantitative estimate of drug-likeness (QED) is 0.387. The van der Waals surface area contributed by atoms with Gasteiger partial charge >= 0.3 is 0 Å². The Morgan fingerprint density at radius 1 is 1.14 bits per heavy atom. The van der Waals surface area contributed by atoms with Crippen molar-refractivity contribution in [3.05, 3.63) is 52.5 Å². The topological polar surface area (TPSA) is 81.1 Å². The molecule has 0 aliphatic rings. The summed E-state index contributed by atoms with van der Waals surface area (Å²) in [6.07, 6.45) is 0. The van der Waals surface area contributed by atoms with Crippen molar-refractivity contribution in [3.63, 3.8) is 0 Å². The fourth-order valence-electron chi connectivity index (χ4n) is 2.53. The van der Waals surface area contributed by atoms with Gasteiger partial charge in [0.1, 0.15) is 5.88 Å². The van der Waals surface area contributed by atoms with E-state index in [1.54, 1.807) is 36.1 Å². The first kappa shape index (κ1) is 21.4. The third kappa shape index (κ3) is 5.39. The van der Waals surface area contributed by atoms with E-state index in [0.717, 1.165) is 11.3 Å². The van der Waals surface area contributed by atoms with Gasteiger partial charge in [-0.1, -0.05) is 23.2 Å². The molecule has 29 heavy (non-hydrogen) atoms. The maximum Gasteiger partial charge on any atom is 0.243 e. The molecule has 1 aromatic heterocycles. The average Bonchev–Trinajstić information content (AvgIpc) is 3.15. The summed E-state index contributed by atoms with van der Waals surface area (Å²) in [5.74, 6) is 0.646. The van der Waals surface area contributed by atoms with Crippen molar-refractivity contribution in [2.24, 2.45) is 0 Å².